The van der Waals surface area contributed by atoms with Crippen LogP contribution in [0.4, 0.5) is 57.5 Å². The summed E-state index contributed by atoms with van der Waals surface area (Å²) in [4.78, 5) is 34.2. The lowest BCUT2D eigenvalue weighted by Crippen LogP contribution is -2.52. The molecule has 15 heterocycles. The minimum absolute atomic E-state index is 0.0493. The van der Waals surface area contributed by atoms with Crippen molar-refractivity contribution in [1.82, 2.24) is 42.9 Å². The Morgan fingerprint density at radius 2 is 0.812 bits per heavy atom. The largest absolute Gasteiger partial charge is 0.438 e. The summed E-state index contributed by atoms with van der Waals surface area (Å²) in [6.45, 7) is 65.3. The van der Waals surface area contributed by atoms with Crippen LogP contribution in [0.2, 0.25) is 0 Å². The first-order chi connectivity index (χ1) is 70.8. The van der Waals surface area contributed by atoms with E-state index in [-0.39, 0.29) is 46.8 Å². The number of rotatable bonds is 18. The number of para-hydroxylation sites is 8. The van der Waals surface area contributed by atoms with Crippen molar-refractivity contribution in [2.75, 3.05) is 34.3 Å². The summed E-state index contributed by atoms with van der Waals surface area (Å²) in [6.07, 6.45) is 15.9. The van der Waals surface area contributed by atoms with Crippen molar-refractivity contribution < 1.29 is 31.7 Å². The Labute approximate surface area is 879 Å². The maximum atomic E-state index is 6.32. The normalized spacial score (nSPS) is 16.0. The third-order valence-corrected chi connectivity index (χ3v) is 32.7. The highest BCUT2D eigenvalue weighted by molar-refractivity contribution is 6.10. The van der Waals surface area contributed by atoms with Crippen LogP contribution in [0.1, 0.15) is 255 Å². The molecule has 0 bridgehead atoms. The fraction of sp³-hybridized carbons (Fsp3) is 0.373. The molecule has 0 spiro atoms. The van der Waals surface area contributed by atoms with Crippen molar-refractivity contribution in [3.8, 4) is 5.69 Å². The Hall–Kier alpha value is -14.9. The molecule has 0 amide bonds. The zero-order chi connectivity index (χ0) is 106. The second kappa shape index (κ2) is 37.8. The van der Waals surface area contributed by atoms with Crippen LogP contribution in [0.3, 0.4) is 0 Å². The fourth-order valence-electron chi connectivity index (χ4n) is 26.2. The molecule has 149 heavy (non-hydrogen) atoms. The van der Waals surface area contributed by atoms with Crippen LogP contribution in [0.15, 0.2) is 263 Å². The molecular formula is C126H152N20O3+4. The van der Waals surface area contributed by atoms with Gasteiger partial charge < -0.3 is 42.3 Å². The van der Waals surface area contributed by atoms with Crippen molar-refractivity contribution in [3.05, 3.63) is 323 Å². The van der Waals surface area contributed by atoms with E-state index < -0.39 is 0 Å². The van der Waals surface area contributed by atoms with Crippen molar-refractivity contribution in [2.24, 2.45) is 35.2 Å². The zero-order valence-corrected chi connectivity index (χ0v) is 94.0. The Kier molecular flexibility index (Phi) is 25.7. The monoisotopic (exact) mass is 1990 g/mol. The number of benzene rings is 8. The smallest absolute Gasteiger partial charge is 0.370 e. The van der Waals surface area contributed by atoms with E-state index in [0.717, 1.165) is 66.1 Å². The molecule has 0 N–H and O–H groups in total. The fourth-order valence-corrected chi connectivity index (χ4v) is 26.2. The number of anilines is 10. The van der Waals surface area contributed by atoms with Gasteiger partial charge in [-0.15, -0.1) is 9.36 Å². The van der Waals surface area contributed by atoms with E-state index in [2.05, 4.69) is 546 Å². The van der Waals surface area contributed by atoms with Crippen LogP contribution >= 0.6 is 0 Å². The van der Waals surface area contributed by atoms with Gasteiger partial charge >= 0.3 is 11.8 Å². The maximum Gasteiger partial charge on any atom is 0.370 e. The molecule has 11 aromatic heterocycles. The number of fused-ring (bicyclic) bond motifs is 13. The lowest BCUT2D eigenvalue weighted by atomic mass is 9.84. The van der Waals surface area contributed by atoms with Crippen molar-refractivity contribution in [3.63, 3.8) is 0 Å². The molecule has 23 nitrogen and oxygen atoms in total. The van der Waals surface area contributed by atoms with Crippen LogP contribution in [-0.2, 0) is 57.4 Å². The molecule has 23 rings (SSSR count). The van der Waals surface area contributed by atoms with Crippen molar-refractivity contribution in [1.29, 1.82) is 0 Å². The van der Waals surface area contributed by atoms with Gasteiger partial charge in [-0.05, 0) is 338 Å². The van der Waals surface area contributed by atoms with Crippen LogP contribution < -0.4 is 52.8 Å². The second-order valence-electron chi connectivity index (χ2n) is 45.4. The van der Waals surface area contributed by atoms with Gasteiger partial charge in [0.05, 0.1) is 113 Å². The number of aryl methyl sites for hydroxylation is 8. The average Bonchev–Trinajstić information content (AvgIpc) is 1.56. The summed E-state index contributed by atoms with van der Waals surface area (Å²) in [5.74, 6) is 6.87. The van der Waals surface area contributed by atoms with Crippen LogP contribution in [-0.4, -0.2) is 67.6 Å². The number of imidazole rings is 2. The molecule has 23 heteroatoms. The number of nitrogens with zero attached hydrogens (tertiary/aromatic N) is 20. The van der Waals surface area contributed by atoms with E-state index in [1.165, 1.54) is 130 Å². The van der Waals surface area contributed by atoms with Gasteiger partial charge in [-0.25, -0.2) is 47.7 Å². The topological polar surface area (TPSA) is 144 Å². The summed E-state index contributed by atoms with van der Waals surface area (Å²) < 4.78 is 39.7. The lowest BCUT2D eigenvalue weighted by Gasteiger charge is -2.43. The summed E-state index contributed by atoms with van der Waals surface area (Å²) >= 11 is 0. The lowest BCUT2D eigenvalue weighted by molar-refractivity contribution is -0.789. The highest BCUT2D eigenvalue weighted by Crippen LogP contribution is 2.57. The Bertz CT molecular complexity index is 8410. The molecule has 770 valence electrons. The standard InChI is InChI=1S/C35H38N5O.C32H38N5O.C31H36N5O.C28H40N5/c1-21(2)40-27-14-10-9-13-25(27)34(37(40)8)38-24(5)39(29-16-12-11-15-28(29)38)35(6,7)32-22(3)17-20-30-31(32)26-19-18-23(4)36-33(26)41-30;1-19(2)35-18-28(34(9)22(35)5)36-23(6)37(26-13-11-10-12-25(26)36)32(7,8)30-20(3)14-17-27-29(30)24-16-15-21(4)33-31(24)38-27;1-19(2)34-18-17-27(33(34)8)35-22(5)36(25-12-10-9-11-24(25)35)31(6,7)29-20(3)13-16-26-28(29)23-15-14-21(4)32-30(23)37-26;1-20(2)23-12-10-13-24(21(3)4)26(23)32-17-16-30(9)27(32)31-18-19-33(22(31)5)28(6,7)25-14-11-15-29(25)8/h9-21,24H,1-8H3;10-19,23H,1-9H3;9-19,22H,1-8H3;10-22H,1-9H3/q4*+1/t24-;23-;2*22-/m1111/s1. The predicted molar refractivity (Wildman–Crippen MR) is 610 cm³/mol. The minimum atomic E-state index is -0.370. The number of hydrogen-bond donors (Lipinski definition) is 0. The zero-order valence-electron chi connectivity index (χ0n) is 94.0. The number of hydrogen-bond acceptors (Lipinski definition) is 14. The van der Waals surface area contributed by atoms with Crippen LogP contribution in [0, 0.1) is 48.5 Å². The Morgan fingerprint density at radius 1 is 0.389 bits per heavy atom. The Morgan fingerprint density at radius 3 is 1.22 bits per heavy atom. The summed E-state index contributed by atoms with van der Waals surface area (Å²) in [5, 5.41) is 7.95. The van der Waals surface area contributed by atoms with Gasteiger partial charge in [0, 0.05) is 81.5 Å². The first-order valence-corrected chi connectivity index (χ1v) is 53.4. The molecule has 0 fully saturated rings. The molecule has 4 aliphatic rings. The van der Waals surface area contributed by atoms with Crippen molar-refractivity contribution >= 4 is 135 Å². The maximum absolute atomic E-state index is 6.32. The van der Waals surface area contributed by atoms with Crippen molar-refractivity contribution in [2.45, 2.75) is 278 Å². The van der Waals surface area contributed by atoms with Gasteiger partial charge in [0.2, 0.25) is 23.0 Å². The Balaban J connectivity index is 0.000000121. The van der Waals surface area contributed by atoms with Gasteiger partial charge in [-0.1, -0.05) is 113 Å². The minimum Gasteiger partial charge on any atom is -0.438 e. The molecule has 0 radical (unpaired) electrons. The summed E-state index contributed by atoms with van der Waals surface area (Å²) in [5.41, 5.74) is 28.0. The number of pyridine rings is 3. The number of furan rings is 3. The van der Waals surface area contributed by atoms with E-state index >= 15 is 0 Å². The molecule has 4 atom stereocenters. The predicted octanol–water partition coefficient (Wildman–Crippen LogP) is 28.4. The highest BCUT2D eigenvalue weighted by atomic mass is 16.3. The van der Waals surface area contributed by atoms with Gasteiger partial charge in [0.15, 0.2) is 42.3 Å². The van der Waals surface area contributed by atoms with E-state index in [1.807, 2.05) is 20.8 Å². The molecule has 0 saturated carbocycles. The summed E-state index contributed by atoms with van der Waals surface area (Å²) in [6, 6.07) is 75.2. The highest BCUT2D eigenvalue weighted by Gasteiger charge is 2.53. The van der Waals surface area contributed by atoms with Crippen LogP contribution in [0.5, 0.6) is 0 Å². The molecular weight excluding hydrogens is 1840 g/mol. The first-order valence-electron chi connectivity index (χ1n) is 53.4. The van der Waals surface area contributed by atoms with E-state index in [0.29, 0.717) is 47.1 Å². The van der Waals surface area contributed by atoms with Crippen LogP contribution in [0.25, 0.3) is 82.8 Å². The molecule has 0 aliphatic carbocycles. The molecule has 0 unspecified atom stereocenters. The SMILES string of the molecule is CC(C)c1cccc(C(C)C)c1-n1cc[n+](C)c1N1C=CN(C(C)(C)c2cccn2C)[C@@H]1C.Cc1ccc2c(n1)oc1ccc(C)c(C(C)(C)N3c4ccccc4N(c4c5ccccc5n(C(C)C)[n+]4C)[C@H]3C)c12.Cc1ccc2c(n1)oc1ccc(C)c(C(C)(C)N3c4ccccc4N(c4c[n+](C(C)C)c(C)n4C)[C@H]3C)c12.Cc1ccc2c(n1)oc1ccc(C)c(C(C)(C)N3c4ccccc4N(c4cc[n+](C(C)C)n4C)[C@H]3C)c12. The molecule has 4 aliphatic heterocycles. The van der Waals surface area contributed by atoms with E-state index in [1.54, 1.807) is 0 Å². The molecule has 8 aromatic carbocycles. The molecule has 19 aromatic rings. The van der Waals surface area contributed by atoms with E-state index in [4.69, 9.17) is 28.2 Å². The van der Waals surface area contributed by atoms with Gasteiger partial charge in [-0.2, -0.15) is 4.68 Å². The third kappa shape index (κ3) is 16.4. The third-order valence-electron chi connectivity index (χ3n) is 32.7. The number of aromatic nitrogens is 12. The van der Waals surface area contributed by atoms with Gasteiger partial charge in [0.25, 0.3) is 5.82 Å². The summed E-state index contributed by atoms with van der Waals surface area (Å²) in [7, 11) is 10.8. The second-order valence-corrected chi connectivity index (χ2v) is 45.4. The quantitative estimate of drug-likeness (QED) is 0.0751. The van der Waals surface area contributed by atoms with Gasteiger partial charge in [0.1, 0.15) is 48.0 Å². The van der Waals surface area contributed by atoms with E-state index in [9.17, 15) is 0 Å². The molecule has 0 saturated heterocycles. The van der Waals surface area contributed by atoms with Gasteiger partial charge in [-0.3, -0.25) is 4.90 Å². The first kappa shape index (κ1) is 101. The average molecular weight is 1990 g/mol.